The van der Waals surface area contributed by atoms with Gasteiger partial charge in [-0.15, -0.1) is 21.5 Å². The fourth-order valence-corrected chi connectivity index (χ4v) is 5.35. The highest BCUT2D eigenvalue weighted by atomic mass is 32.2. The maximum atomic E-state index is 12.9. The van der Waals surface area contributed by atoms with Gasteiger partial charge >= 0.3 is 0 Å². The average molecular weight is 468 g/mol. The summed E-state index contributed by atoms with van der Waals surface area (Å²) in [6.45, 7) is 6.71. The maximum Gasteiger partial charge on any atom is 0.260 e. The predicted molar refractivity (Wildman–Crippen MR) is 124 cm³/mol. The van der Waals surface area contributed by atoms with Gasteiger partial charge in [0.2, 0.25) is 0 Å². The van der Waals surface area contributed by atoms with Crippen LogP contribution < -0.4 is 5.56 Å². The molecule has 32 heavy (non-hydrogen) atoms. The maximum absolute atomic E-state index is 12.9. The summed E-state index contributed by atoms with van der Waals surface area (Å²) in [5, 5.41) is 11.9. The summed E-state index contributed by atoms with van der Waals surface area (Å²) >= 11 is 2.94. The van der Waals surface area contributed by atoms with Crippen LogP contribution in [-0.4, -0.2) is 24.7 Å². The molecule has 0 saturated heterocycles. The highest BCUT2D eigenvalue weighted by Crippen LogP contribution is 2.36. The summed E-state index contributed by atoms with van der Waals surface area (Å²) in [6, 6.07) is 7.44. The second-order valence-corrected chi connectivity index (χ2v) is 9.85. The highest BCUT2D eigenvalue weighted by Gasteiger charge is 2.22. The van der Waals surface area contributed by atoms with Crippen LogP contribution in [0.3, 0.4) is 0 Å². The summed E-state index contributed by atoms with van der Waals surface area (Å²) in [5.74, 6) is 3.18. The Morgan fingerprint density at radius 1 is 1.16 bits per heavy atom. The largest absolute Gasteiger partial charge is 0.467 e. The first-order valence-electron chi connectivity index (χ1n) is 10.2. The van der Waals surface area contributed by atoms with Gasteiger partial charge in [0.1, 0.15) is 28.0 Å². The van der Waals surface area contributed by atoms with Gasteiger partial charge in [-0.1, -0.05) is 25.6 Å². The van der Waals surface area contributed by atoms with Crippen molar-refractivity contribution in [3.05, 3.63) is 69.9 Å². The molecule has 0 aliphatic carbocycles. The van der Waals surface area contributed by atoms with E-state index in [1.807, 2.05) is 30.5 Å². The molecule has 0 amide bonds. The molecule has 164 valence electrons. The molecule has 1 atom stereocenters. The fraction of sp³-hybridized carbons (Fsp3) is 0.273. The average Bonchev–Trinajstić information content (AvgIpc) is 3.56. The molecule has 5 aromatic rings. The van der Waals surface area contributed by atoms with E-state index in [0.29, 0.717) is 28.3 Å². The summed E-state index contributed by atoms with van der Waals surface area (Å²) in [4.78, 5) is 21.3. The van der Waals surface area contributed by atoms with Gasteiger partial charge in [0.25, 0.3) is 5.56 Å². The van der Waals surface area contributed by atoms with Crippen LogP contribution in [0.2, 0.25) is 0 Å². The Hall–Kier alpha value is -3.11. The van der Waals surface area contributed by atoms with Crippen LogP contribution in [0, 0.1) is 0 Å². The lowest BCUT2D eigenvalue weighted by molar-refractivity contribution is 0.475. The summed E-state index contributed by atoms with van der Waals surface area (Å²) in [5.41, 5.74) is 0.584. The molecule has 1 unspecified atom stereocenters. The molecule has 0 spiro atoms. The van der Waals surface area contributed by atoms with Gasteiger partial charge in [-0.25, -0.2) is 4.98 Å². The zero-order valence-corrected chi connectivity index (χ0v) is 19.4. The smallest absolute Gasteiger partial charge is 0.260 e. The number of nitrogens with zero attached hydrogens (tertiary/aromatic N) is 4. The Balaban J connectivity index is 1.47. The molecule has 0 fully saturated rings. The first kappa shape index (κ1) is 20.8. The number of rotatable bonds is 7. The molecule has 0 saturated carbocycles. The van der Waals surface area contributed by atoms with Crippen LogP contribution >= 0.6 is 23.1 Å². The molecule has 0 radical (unpaired) electrons. The third-order valence-corrected chi connectivity index (χ3v) is 7.03. The van der Waals surface area contributed by atoms with Crippen molar-refractivity contribution in [1.29, 1.82) is 0 Å². The van der Waals surface area contributed by atoms with Crippen molar-refractivity contribution in [3.8, 4) is 11.3 Å². The number of hydrogen-bond acceptors (Lipinski definition) is 8. The second-order valence-electron chi connectivity index (χ2n) is 7.68. The Bertz CT molecular complexity index is 1400. The Morgan fingerprint density at radius 2 is 1.97 bits per heavy atom. The Kier molecular flexibility index (Phi) is 5.48. The zero-order valence-electron chi connectivity index (χ0n) is 17.7. The van der Waals surface area contributed by atoms with E-state index in [1.54, 1.807) is 18.6 Å². The molecular weight excluding hydrogens is 446 g/mol. The Labute approximate surface area is 191 Å². The molecule has 10 heteroatoms. The van der Waals surface area contributed by atoms with Gasteiger partial charge in [-0.2, -0.15) is 0 Å². The predicted octanol–water partition coefficient (Wildman–Crippen LogP) is 5.45. The standard InChI is InChI=1S/C22H21N5O3S2/c1-12(2)19-25-26-22(27(19)10-14-6-4-8-29-14)32-13(3)18-23-20(28)17-15(11-31-21(17)24-18)16-7-5-9-30-16/h4-9,11-13H,10H2,1-3H3,(H,23,24,28). The van der Waals surface area contributed by atoms with Crippen LogP contribution in [0.1, 0.15) is 49.3 Å². The first-order chi connectivity index (χ1) is 15.5. The minimum Gasteiger partial charge on any atom is -0.467 e. The SMILES string of the molecule is CC(C)c1nnc(SC(C)c2nc3scc(-c4ccco4)c3c(=O)[nH]2)n1Cc1ccco1. The van der Waals surface area contributed by atoms with Crippen LogP contribution in [0.25, 0.3) is 21.5 Å². The lowest BCUT2D eigenvalue weighted by Gasteiger charge is -2.13. The van der Waals surface area contributed by atoms with Crippen molar-refractivity contribution < 1.29 is 8.83 Å². The molecule has 8 nitrogen and oxygen atoms in total. The molecule has 0 aliphatic rings. The normalized spacial score (nSPS) is 12.8. The Morgan fingerprint density at radius 3 is 2.69 bits per heavy atom. The van der Waals surface area contributed by atoms with Gasteiger partial charge < -0.3 is 13.8 Å². The monoisotopic (exact) mass is 467 g/mol. The van der Waals surface area contributed by atoms with E-state index in [4.69, 9.17) is 13.8 Å². The van der Waals surface area contributed by atoms with E-state index in [1.165, 1.54) is 23.1 Å². The quantitative estimate of drug-likeness (QED) is 0.317. The molecule has 1 N–H and O–H groups in total. The number of H-pyrrole nitrogens is 1. The summed E-state index contributed by atoms with van der Waals surface area (Å²) in [6.07, 6.45) is 3.25. The summed E-state index contributed by atoms with van der Waals surface area (Å²) in [7, 11) is 0. The van der Waals surface area contributed by atoms with E-state index >= 15 is 0 Å². The molecule has 0 bridgehead atoms. The molecule has 5 heterocycles. The number of fused-ring (bicyclic) bond motifs is 1. The summed E-state index contributed by atoms with van der Waals surface area (Å²) < 4.78 is 13.1. The van der Waals surface area contributed by atoms with E-state index in [-0.39, 0.29) is 16.7 Å². The third kappa shape index (κ3) is 3.80. The number of furan rings is 2. The van der Waals surface area contributed by atoms with Gasteiger partial charge in [0.15, 0.2) is 5.16 Å². The van der Waals surface area contributed by atoms with Crippen LogP contribution in [0.5, 0.6) is 0 Å². The fourth-order valence-electron chi connectivity index (χ4n) is 3.51. The second kappa shape index (κ2) is 8.44. The highest BCUT2D eigenvalue weighted by molar-refractivity contribution is 7.99. The van der Waals surface area contributed by atoms with E-state index in [0.717, 1.165) is 22.3 Å². The van der Waals surface area contributed by atoms with Crippen LogP contribution in [0.15, 0.2) is 61.0 Å². The van der Waals surface area contributed by atoms with Crippen molar-refractivity contribution in [2.75, 3.05) is 0 Å². The minimum atomic E-state index is -0.176. The third-order valence-electron chi connectivity index (χ3n) is 5.07. The first-order valence-corrected chi connectivity index (χ1v) is 11.9. The molecule has 0 aliphatic heterocycles. The van der Waals surface area contributed by atoms with E-state index < -0.39 is 0 Å². The minimum absolute atomic E-state index is 0.138. The lowest BCUT2D eigenvalue weighted by Crippen LogP contribution is -2.13. The number of aromatic amines is 1. The van der Waals surface area contributed by atoms with Crippen molar-refractivity contribution in [3.63, 3.8) is 0 Å². The van der Waals surface area contributed by atoms with E-state index in [2.05, 4.69) is 33.6 Å². The van der Waals surface area contributed by atoms with Gasteiger partial charge in [0, 0.05) is 16.9 Å². The van der Waals surface area contributed by atoms with E-state index in [9.17, 15) is 4.79 Å². The zero-order chi connectivity index (χ0) is 22.2. The molecule has 0 aromatic carbocycles. The number of thiophene rings is 1. The topological polar surface area (TPSA) is 103 Å². The molecule has 5 aromatic heterocycles. The number of nitrogens with one attached hydrogen (secondary N) is 1. The van der Waals surface area contributed by atoms with Crippen LogP contribution in [-0.2, 0) is 6.54 Å². The van der Waals surface area contributed by atoms with Crippen molar-refractivity contribution in [2.24, 2.45) is 0 Å². The molecule has 5 rings (SSSR count). The molecular formula is C22H21N5O3S2. The number of thioether (sulfide) groups is 1. The number of hydrogen-bond donors (Lipinski definition) is 1. The lowest BCUT2D eigenvalue weighted by atomic mass is 10.2. The van der Waals surface area contributed by atoms with Gasteiger partial charge in [-0.05, 0) is 31.2 Å². The van der Waals surface area contributed by atoms with Crippen molar-refractivity contribution in [2.45, 2.75) is 43.6 Å². The van der Waals surface area contributed by atoms with Crippen LogP contribution in [0.4, 0.5) is 0 Å². The van der Waals surface area contributed by atoms with Gasteiger partial charge in [-0.3, -0.25) is 9.36 Å². The van der Waals surface area contributed by atoms with Crippen molar-refractivity contribution >= 4 is 33.3 Å². The number of aromatic nitrogens is 5. The van der Waals surface area contributed by atoms with Gasteiger partial charge in [0.05, 0.1) is 29.7 Å². The van der Waals surface area contributed by atoms with Crippen molar-refractivity contribution in [1.82, 2.24) is 24.7 Å².